The van der Waals surface area contributed by atoms with E-state index in [0.29, 0.717) is 11.3 Å². The predicted molar refractivity (Wildman–Crippen MR) is 70.7 cm³/mol. The van der Waals surface area contributed by atoms with Gasteiger partial charge >= 0.3 is 12.1 Å². The number of ether oxygens (including phenoxy) is 1. The smallest absolute Gasteiger partial charge is 0.416 e. The molecular formula is C14H15F3N2O2. The average Bonchev–Trinajstić information content (AvgIpc) is 2.80. The molecule has 0 fully saturated rings. The Morgan fingerprint density at radius 3 is 2.48 bits per heavy atom. The molecule has 0 spiro atoms. The van der Waals surface area contributed by atoms with Crippen LogP contribution in [0, 0.1) is 0 Å². The Bertz CT molecular complexity index is 552. The van der Waals surface area contributed by atoms with Crippen molar-refractivity contribution >= 4 is 11.7 Å². The van der Waals surface area contributed by atoms with Crippen molar-refractivity contribution in [1.82, 2.24) is 10.4 Å². The fourth-order valence-electron chi connectivity index (χ4n) is 2.06. The summed E-state index contributed by atoms with van der Waals surface area (Å²) in [5, 5.41) is 1.59. The van der Waals surface area contributed by atoms with Gasteiger partial charge in [-0.15, -0.1) is 0 Å². The highest BCUT2D eigenvalue weighted by atomic mass is 19.4. The van der Waals surface area contributed by atoms with E-state index in [-0.39, 0.29) is 6.61 Å². The zero-order valence-electron chi connectivity index (χ0n) is 11.6. The summed E-state index contributed by atoms with van der Waals surface area (Å²) in [6.07, 6.45) is -2.74. The summed E-state index contributed by atoms with van der Waals surface area (Å²) in [6, 6.07) is 4.15. The number of carbonyl (C=O) groups excluding carboxylic acids is 1. The number of rotatable bonds is 3. The third-order valence-electron chi connectivity index (χ3n) is 3.07. The van der Waals surface area contributed by atoms with E-state index < -0.39 is 23.8 Å². The van der Waals surface area contributed by atoms with Crippen molar-refractivity contribution in [2.24, 2.45) is 0 Å². The molecule has 2 rings (SSSR count). The van der Waals surface area contributed by atoms with E-state index >= 15 is 0 Å². The second-order valence-electron chi connectivity index (χ2n) is 4.54. The summed E-state index contributed by atoms with van der Waals surface area (Å²) in [5.74, 6) is -0.425. The number of alkyl halides is 3. The third-order valence-corrected chi connectivity index (χ3v) is 3.07. The van der Waals surface area contributed by atoms with Crippen LogP contribution in [0.3, 0.4) is 0 Å². The second kappa shape index (κ2) is 5.77. The van der Waals surface area contributed by atoms with Crippen molar-refractivity contribution in [3.8, 4) is 0 Å². The molecule has 1 unspecified atom stereocenters. The van der Waals surface area contributed by atoms with Crippen LogP contribution in [0.2, 0.25) is 0 Å². The molecule has 7 heteroatoms. The number of hydrazine groups is 1. The molecule has 114 valence electrons. The summed E-state index contributed by atoms with van der Waals surface area (Å²) < 4.78 is 42.5. The molecule has 0 saturated heterocycles. The number of nitrogens with one attached hydrogen (secondary N) is 1. The first-order valence-electron chi connectivity index (χ1n) is 6.39. The minimum atomic E-state index is -4.36. The fraction of sp³-hybridized carbons (Fsp3) is 0.357. The molecule has 1 aliphatic heterocycles. The molecule has 1 aromatic rings. The van der Waals surface area contributed by atoms with Gasteiger partial charge in [0.15, 0.2) is 0 Å². The van der Waals surface area contributed by atoms with Gasteiger partial charge in [0.05, 0.1) is 17.9 Å². The normalized spacial score (nSPS) is 18.6. The van der Waals surface area contributed by atoms with Crippen LogP contribution in [0.5, 0.6) is 0 Å². The molecule has 1 aliphatic rings. The van der Waals surface area contributed by atoms with Crippen LogP contribution in [0.1, 0.15) is 18.1 Å². The molecule has 21 heavy (non-hydrogen) atoms. The van der Waals surface area contributed by atoms with E-state index in [2.05, 4.69) is 5.43 Å². The summed E-state index contributed by atoms with van der Waals surface area (Å²) in [7, 11) is 1.68. The lowest BCUT2D eigenvalue weighted by Crippen LogP contribution is -2.39. The van der Waals surface area contributed by atoms with E-state index in [1.807, 2.05) is 0 Å². The van der Waals surface area contributed by atoms with Crippen LogP contribution in [-0.2, 0) is 15.7 Å². The minimum Gasteiger partial charge on any atom is -0.465 e. The minimum absolute atomic E-state index is 0.268. The van der Waals surface area contributed by atoms with Crippen molar-refractivity contribution in [2.75, 3.05) is 13.7 Å². The van der Waals surface area contributed by atoms with Crippen LogP contribution < -0.4 is 5.43 Å². The summed E-state index contributed by atoms with van der Waals surface area (Å²) in [4.78, 5) is 11.6. The predicted octanol–water partition coefficient (Wildman–Crippen LogP) is 2.43. The zero-order valence-corrected chi connectivity index (χ0v) is 11.6. The number of nitrogens with zero attached hydrogens (tertiary/aromatic N) is 1. The Morgan fingerprint density at radius 2 is 1.95 bits per heavy atom. The van der Waals surface area contributed by atoms with Crippen molar-refractivity contribution in [2.45, 2.75) is 19.1 Å². The standard InChI is InChI=1S/C14H15F3N2O2/c1-3-21-13(20)11-8-12(19(2)18-11)9-4-6-10(7-5-9)14(15,16)17/h4-8,11,18H,3H2,1-2H3. The van der Waals surface area contributed by atoms with E-state index in [9.17, 15) is 18.0 Å². The molecule has 1 N–H and O–H groups in total. The van der Waals surface area contributed by atoms with E-state index in [1.165, 1.54) is 12.1 Å². The Labute approximate surface area is 120 Å². The largest absolute Gasteiger partial charge is 0.465 e. The van der Waals surface area contributed by atoms with Gasteiger partial charge in [0.25, 0.3) is 0 Å². The Kier molecular flexibility index (Phi) is 4.22. The first kappa shape index (κ1) is 15.4. The molecule has 4 nitrogen and oxygen atoms in total. The third kappa shape index (κ3) is 3.36. The van der Waals surface area contributed by atoms with Gasteiger partial charge < -0.3 is 9.75 Å². The van der Waals surface area contributed by atoms with Crippen molar-refractivity contribution in [3.05, 3.63) is 41.5 Å². The second-order valence-corrected chi connectivity index (χ2v) is 4.54. The van der Waals surface area contributed by atoms with Gasteiger partial charge in [-0.25, -0.2) is 10.2 Å². The highest BCUT2D eigenvalue weighted by Gasteiger charge is 2.31. The lowest BCUT2D eigenvalue weighted by Gasteiger charge is -2.18. The van der Waals surface area contributed by atoms with Crippen molar-refractivity contribution in [3.63, 3.8) is 0 Å². The molecule has 0 saturated carbocycles. The molecule has 0 radical (unpaired) electrons. The number of carbonyl (C=O) groups is 1. The van der Waals surface area contributed by atoms with Crippen molar-refractivity contribution in [1.29, 1.82) is 0 Å². The summed E-state index contributed by atoms with van der Waals surface area (Å²) in [6.45, 7) is 1.97. The van der Waals surface area contributed by atoms with Crippen LogP contribution in [0.25, 0.3) is 5.70 Å². The Hall–Kier alpha value is -2.02. The van der Waals surface area contributed by atoms with Crippen LogP contribution in [0.15, 0.2) is 30.3 Å². The number of hydrogen-bond donors (Lipinski definition) is 1. The summed E-state index contributed by atoms with van der Waals surface area (Å²) in [5.41, 5.74) is 3.38. The number of benzene rings is 1. The monoisotopic (exact) mass is 300 g/mol. The van der Waals surface area contributed by atoms with Crippen LogP contribution in [-0.4, -0.2) is 30.7 Å². The molecule has 0 amide bonds. The molecule has 1 heterocycles. The van der Waals surface area contributed by atoms with Gasteiger partial charge in [-0.1, -0.05) is 12.1 Å². The van der Waals surface area contributed by atoms with Gasteiger partial charge in [-0.2, -0.15) is 13.2 Å². The maximum absolute atomic E-state index is 12.5. The van der Waals surface area contributed by atoms with Crippen LogP contribution in [0.4, 0.5) is 13.2 Å². The average molecular weight is 300 g/mol. The molecular weight excluding hydrogens is 285 g/mol. The topological polar surface area (TPSA) is 41.6 Å². The fourth-order valence-corrected chi connectivity index (χ4v) is 2.06. The summed E-state index contributed by atoms with van der Waals surface area (Å²) >= 11 is 0. The first-order valence-corrected chi connectivity index (χ1v) is 6.39. The SMILES string of the molecule is CCOC(=O)C1C=C(c2ccc(C(F)(F)F)cc2)N(C)N1. The molecule has 0 aromatic heterocycles. The first-order chi connectivity index (χ1) is 9.82. The maximum atomic E-state index is 12.5. The number of esters is 1. The molecule has 0 aliphatic carbocycles. The molecule has 1 atom stereocenters. The Balaban J connectivity index is 2.21. The van der Waals surface area contributed by atoms with Gasteiger partial charge in [-0.05, 0) is 30.7 Å². The zero-order chi connectivity index (χ0) is 15.6. The number of halogens is 3. The van der Waals surface area contributed by atoms with Gasteiger partial charge in [0.1, 0.15) is 6.04 Å². The van der Waals surface area contributed by atoms with Gasteiger partial charge in [0.2, 0.25) is 0 Å². The highest BCUT2D eigenvalue weighted by Crippen LogP contribution is 2.31. The van der Waals surface area contributed by atoms with E-state index in [1.54, 1.807) is 25.1 Å². The Morgan fingerprint density at radius 1 is 1.33 bits per heavy atom. The number of hydrogen-bond acceptors (Lipinski definition) is 4. The lowest BCUT2D eigenvalue weighted by molar-refractivity contribution is -0.144. The van der Waals surface area contributed by atoms with E-state index in [0.717, 1.165) is 12.1 Å². The van der Waals surface area contributed by atoms with E-state index in [4.69, 9.17) is 4.74 Å². The van der Waals surface area contributed by atoms with Gasteiger partial charge in [-0.3, -0.25) is 0 Å². The quantitative estimate of drug-likeness (QED) is 0.871. The molecule has 0 bridgehead atoms. The maximum Gasteiger partial charge on any atom is 0.416 e. The lowest BCUT2D eigenvalue weighted by atomic mass is 10.1. The van der Waals surface area contributed by atoms with Crippen molar-refractivity contribution < 1.29 is 22.7 Å². The van der Waals surface area contributed by atoms with Gasteiger partial charge in [0, 0.05) is 7.05 Å². The van der Waals surface area contributed by atoms with Crippen LogP contribution >= 0.6 is 0 Å². The molecule has 1 aromatic carbocycles. The highest BCUT2D eigenvalue weighted by molar-refractivity contribution is 5.83.